The van der Waals surface area contributed by atoms with Crippen LogP contribution in [0.3, 0.4) is 0 Å². The number of thiazole rings is 1. The Morgan fingerprint density at radius 2 is 1.95 bits per heavy atom. The summed E-state index contributed by atoms with van der Waals surface area (Å²) in [6.45, 7) is 0. The highest BCUT2D eigenvalue weighted by atomic mass is 79.9. The normalized spacial score (nSPS) is 10.7. The fourth-order valence-electron chi connectivity index (χ4n) is 1.88. The maximum atomic E-state index is 13.3. The van der Waals surface area contributed by atoms with Crippen molar-refractivity contribution < 1.29 is 4.39 Å². The van der Waals surface area contributed by atoms with Gasteiger partial charge in [-0.3, -0.25) is 0 Å². The first kappa shape index (κ1) is 13.3. The van der Waals surface area contributed by atoms with Gasteiger partial charge in [-0.05, 0) is 46.3 Å². The Bertz CT molecular complexity index is 770. The smallest absolute Gasteiger partial charge is 0.137 e. The molecule has 0 aliphatic heterocycles. The van der Waals surface area contributed by atoms with Crippen molar-refractivity contribution in [1.29, 1.82) is 0 Å². The minimum absolute atomic E-state index is 0.281. The molecule has 0 saturated heterocycles. The predicted octanol–water partition coefficient (Wildman–Crippen LogP) is 4.96. The number of hydrogen-bond acceptors (Lipinski definition) is 3. The van der Waals surface area contributed by atoms with Crippen LogP contribution in [0.1, 0.15) is 0 Å². The highest BCUT2D eigenvalue weighted by Gasteiger charge is 2.10. The molecule has 1 aromatic heterocycles. The SMILES string of the molecule is Nc1ccccc1-c1nc(-c2ccc(F)c(Br)c2)cs1. The van der Waals surface area contributed by atoms with Crippen LogP contribution < -0.4 is 5.73 Å². The summed E-state index contributed by atoms with van der Waals surface area (Å²) in [6.07, 6.45) is 0. The van der Waals surface area contributed by atoms with E-state index in [1.807, 2.05) is 29.6 Å². The fourth-order valence-corrected chi connectivity index (χ4v) is 3.13. The highest BCUT2D eigenvalue weighted by Crippen LogP contribution is 2.33. The van der Waals surface area contributed by atoms with Gasteiger partial charge in [0.1, 0.15) is 10.8 Å². The van der Waals surface area contributed by atoms with E-state index in [4.69, 9.17) is 5.73 Å². The average molecular weight is 349 g/mol. The van der Waals surface area contributed by atoms with Crippen molar-refractivity contribution in [2.45, 2.75) is 0 Å². The molecular formula is C15H10BrFN2S. The summed E-state index contributed by atoms with van der Waals surface area (Å²) in [4.78, 5) is 4.58. The van der Waals surface area contributed by atoms with Crippen LogP contribution in [-0.4, -0.2) is 4.98 Å². The molecule has 0 unspecified atom stereocenters. The first-order chi connectivity index (χ1) is 9.65. The fraction of sp³-hybridized carbons (Fsp3) is 0. The Morgan fingerprint density at radius 1 is 1.15 bits per heavy atom. The molecule has 0 spiro atoms. The van der Waals surface area contributed by atoms with Gasteiger partial charge in [-0.1, -0.05) is 12.1 Å². The van der Waals surface area contributed by atoms with Gasteiger partial charge in [-0.2, -0.15) is 0 Å². The zero-order chi connectivity index (χ0) is 14.1. The Morgan fingerprint density at radius 3 is 2.70 bits per heavy atom. The standard InChI is InChI=1S/C15H10BrFN2S/c16-11-7-9(5-6-12(11)17)14-8-20-15(19-14)10-3-1-2-4-13(10)18/h1-8H,18H2. The zero-order valence-electron chi connectivity index (χ0n) is 10.3. The molecule has 2 aromatic carbocycles. The van der Waals surface area contributed by atoms with Gasteiger partial charge in [-0.25, -0.2) is 9.37 Å². The quantitative estimate of drug-likeness (QED) is 0.664. The maximum absolute atomic E-state index is 13.3. The number of para-hydroxylation sites is 1. The lowest BCUT2D eigenvalue weighted by molar-refractivity contribution is 0.621. The van der Waals surface area contributed by atoms with Crippen molar-refractivity contribution in [2.75, 3.05) is 5.73 Å². The molecule has 3 aromatic rings. The van der Waals surface area contributed by atoms with Crippen LogP contribution in [-0.2, 0) is 0 Å². The lowest BCUT2D eigenvalue weighted by Gasteiger charge is -2.01. The van der Waals surface area contributed by atoms with E-state index in [1.54, 1.807) is 12.1 Å². The highest BCUT2D eigenvalue weighted by molar-refractivity contribution is 9.10. The predicted molar refractivity (Wildman–Crippen MR) is 85.1 cm³/mol. The number of rotatable bonds is 2. The van der Waals surface area contributed by atoms with Crippen LogP contribution in [0.15, 0.2) is 52.3 Å². The lowest BCUT2D eigenvalue weighted by Crippen LogP contribution is -1.88. The summed E-state index contributed by atoms with van der Waals surface area (Å²) in [6, 6.07) is 12.5. The van der Waals surface area contributed by atoms with Crippen molar-refractivity contribution in [3.8, 4) is 21.8 Å². The molecule has 2 N–H and O–H groups in total. The summed E-state index contributed by atoms with van der Waals surface area (Å²) in [5.74, 6) is -0.281. The topological polar surface area (TPSA) is 38.9 Å². The van der Waals surface area contributed by atoms with Gasteiger partial charge in [-0.15, -0.1) is 11.3 Å². The van der Waals surface area contributed by atoms with E-state index in [0.717, 1.165) is 21.8 Å². The number of nitrogens with two attached hydrogens (primary N) is 1. The summed E-state index contributed by atoms with van der Waals surface area (Å²) in [5, 5.41) is 2.81. The summed E-state index contributed by atoms with van der Waals surface area (Å²) >= 11 is 4.71. The van der Waals surface area contributed by atoms with Crippen molar-refractivity contribution in [1.82, 2.24) is 4.98 Å². The van der Waals surface area contributed by atoms with Crippen LogP contribution in [0, 0.1) is 5.82 Å². The minimum atomic E-state index is -0.281. The maximum Gasteiger partial charge on any atom is 0.137 e. The number of benzene rings is 2. The lowest BCUT2D eigenvalue weighted by atomic mass is 10.1. The zero-order valence-corrected chi connectivity index (χ0v) is 12.7. The van der Waals surface area contributed by atoms with Gasteiger partial charge < -0.3 is 5.73 Å². The molecule has 0 fully saturated rings. The summed E-state index contributed by atoms with van der Waals surface area (Å²) in [7, 11) is 0. The molecule has 3 rings (SSSR count). The van der Waals surface area contributed by atoms with Crippen molar-refractivity contribution in [3.63, 3.8) is 0 Å². The molecule has 0 radical (unpaired) electrons. The molecule has 0 aliphatic rings. The van der Waals surface area contributed by atoms with E-state index in [1.165, 1.54) is 17.4 Å². The van der Waals surface area contributed by atoms with E-state index in [2.05, 4.69) is 20.9 Å². The molecular weight excluding hydrogens is 339 g/mol. The number of hydrogen-bond donors (Lipinski definition) is 1. The Labute approximate surface area is 128 Å². The van der Waals surface area contributed by atoms with E-state index in [9.17, 15) is 4.39 Å². The molecule has 0 aliphatic carbocycles. The number of aromatic nitrogens is 1. The monoisotopic (exact) mass is 348 g/mol. The second-order valence-electron chi connectivity index (χ2n) is 4.25. The van der Waals surface area contributed by atoms with Crippen molar-refractivity contribution in [2.24, 2.45) is 0 Å². The largest absolute Gasteiger partial charge is 0.398 e. The van der Waals surface area contributed by atoms with E-state index < -0.39 is 0 Å². The number of nitrogens with zero attached hydrogens (tertiary/aromatic N) is 1. The van der Waals surface area contributed by atoms with Gasteiger partial charge >= 0.3 is 0 Å². The van der Waals surface area contributed by atoms with Crippen LogP contribution in [0.25, 0.3) is 21.8 Å². The third-order valence-electron chi connectivity index (χ3n) is 2.91. The first-order valence-electron chi connectivity index (χ1n) is 5.91. The van der Waals surface area contributed by atoms with Crippen LogP contribution in [0.2, 0.25) is 0 Å². The van der Waals surface area contributed by atoms with Crippen LogP contribution in [0.5, 0.6) is 0 Å². The third kappa shape index (κ3) is 2.46. The number of anilines is 1. The second-order valence-corrected chi connectivity index (χ2v) is 5.97. The molecule has 5 heteroatoms. The van der Waals surface area contributed by atoms with E-state index in [-0.39, 0.29) is 5.82 Å². The van der Waals surface area contributed by atoms with Crippen molar-refractivity contribution >= 4 is 33.0 Å². The first-order valence-corrected chi connectivity index (χ1v) is 7.58. The molecule has 100 valence electrons. The van der Waals surface area contributed by atoms with Gasteiger partial charge in [0.2, 0.25) is 0 Å². The number of nitrogen functional groups attached to an aromatic ring is 1. The third-order valence-corrected chi connectivity index (χ3v) is 4.39. The van der Waals surface area contributed by atoms with Crippen molar-refractivity contribution in [3.05, 3.63) is 58.1 Å². The number of halogens is 2. The summed E-state index contributed by atoms with van der Waals surface area (Å²) < 4.78 is 13.7. The van der Waals surface area contributed by atoms with Gasteiger partial charge in [0, 0.05) is 22.2 Å². The molecule has 0 amide bonds. The van der Waals surface area contributed by atoms with Gasteiger partial charge in [0.15, 0.2) is 0 Å². The molecule has 20 heavy (non-hydrogen) atoms. The molecule has 0 atom stereocenters. The van der Waals surface area contributed by atoms with Gasteiger partial charge in [0.25, 0.3) is 0 Å². The molecule has 0 bridgehead atoms. The van der Waals surface area contributed by atoms with E-state index >= 15 is 0 Å². The summed E-state index contributed by atoms with van der Waals surface area (Å²) in [5.41, 5.74) is 9.26. The average Bonchev–Trinajstić information content (AvgIpc) is 2.92. The Hall–Kier alpha value is -1.72. The van der Waals surface area contributed by atoms with Crippen LogP contribution in [0.4, 0.5) is 10.1 Å². The van der Waals surface area contributed by atoms with Gasteiger partial charge in [0.05, 0.1) is 10.2 Å². The molecule has 1 heterocycles. The second kappa shape index (κ2) is 5.34. The van der Waals surface area contributed by atoms with Crippen LogP contribution >= 0.6 is 27.3 Å². The minimum Gasteiger partial charge on any atom is -0.398 e. The Kier molecular flexibility index (Phi) is 3.54. The Balaban J connectivity index is 2.02. The molecule has 2 nitrogen and oxygen atoms in total. The molecule has 0 saturated carbocycles. The van der Waals surface area contributed by atoms with E-state index in [0.29, 0.717) is 10.2 Å².